The number of ketones is 1. The van der Waals surface area contributed by atoms with Crippen molar-refractivity contribution in [3.8, 4) is 11.5 Å². The topological polar surface area (TPSA) is 146 Å². The third-order valence-corrected chi connectivity index (χ3v) is 7.03. The smallest absolute Gasteiger partial charge is 0.330 e. The van der Waals surface area contributed by atoms with E-state index in [1.54, 1.807) is 14.2 Å². The summed E-state index contributed by atoms with van der Waals surface area (Å²) in [5.41, 5.74) is 6.04. The molecule has 4 aromatic rings. The van der Waals surface area contributed by atoms with Crippen molar-refractivity contribution < 1.29 is 24.1 Å². The Morgan fingerprint density at radius 2 is 1.41 bits per heavy atom. The first-order chi connectivity index (χ1) is 19.7. The van der Waals surface area contributed by atoms with E-state index in [1.165, 1.54) is 13.1 Å². The van der Waals surface area contributed by atoms with Gasteiger partial charge in [-0.3, -0.25) is 19.1 Å². The molecule has 0 amide bonds. The van der Waals surface area contributed by atoms with Crippen molar-refractivity contribution in [2.45, 2.75) is 18.7 Å². The first kappa shape index (κ1) is 29.5. The number of nitrogens with two attached hydrogens (primary N) is 1. The molecule has 214 valence electrons. The van der Waals surface area contributed by atoms with Crippen LogP contribution in [0.1, 0.15) is 28.4 Å². The molecule has 41 heavy (non-hydrogen) atoms. The van der Waals surface area contributed by atoms with Crippen LogP contribution in [0, 0.1) is 12.8 Å². The van der Waals surface area contributed by atoms with E-state index in [2.05, 4.69) is 4.98 Å². The van der Waals surface area contributed by atoms with Gasteiger partial charge in [-0.2, -0.15) is 0 Å². The van der Waals surface area contributed by atoms with Gasteiger partial charge in [-0.1, -0.05) is 54.6 Å². The first-order valence-corrected chi connectivity index (χ1v) is 13.0. The van der Waals surface area contributed by atoms with Crippen LogP contribution in [0.5, 0.6) is 11.5 Å². The summed E-state index contributed by atoms with van der Waals surface area (Å²) in [5, 5.41) is 10.3. The molecular formula is C31H33N3O7. The summed E-state index contributed by atoms with van der Waals surface area (Å²) in [7, 11) is 3.16. The van der Waals surface area contributed by atoms with Crippen molar-refractivity contribution in [3.05, 3.63) is 128 Å². The summed E-state index contributed by atoms with van der Waals surface area (Å²) in [6.07, 6.45) is -0.228. The van der Waals surface area contributed by atoms with E-state index in [0.29, 0.717) is 11.5 Å². The zero-order valence-electron chi connectivity index (χ0n) is 23.1. The van der Waals surface area contributed by atoms with Gasteiger partial charge in [0.2, 0.25) is 0 Å². The van der Waals surface area contributed by atoms with Gasteiger partial charge in [0.15, 0.2) is 5.78 Å². The van der Waals surface area contributed by atoms with Crippen LogP contribution >= 0.6 is 0 Å². The van der Waals surface area contributed by atoms with Crippen molar-refractivity contribution in [3.63, 3.8) is 0 Å². The van der Waals surface area contributed by atoms with Gasteiger partial charge < -0.3 is 25.1 Å². The van der Waals surface area contributed by atoms with Gasteiger partial charge in [0.25, 0.3) is 5.56 Å². The molecular weight excluding hydrogens is 526 g/mol. The van der Waals surface area contributed by atoms with E-state index >= 15 is 0 Å². The van der Waals surface area contributed by atoms with Gasteiger partial charge in [-0.25, -0.2) is 4.79 Å². The van der Waals surface area contributed by atoms with Gasteiger partial charge in [-0.05, 0) is 47.9 Å². The number of nitrogens with zero attached hydrogens (tertiary/aromatic N) is 1. The lowest BCUT2D eigenvalue weighted by Gasteiger charge is -2.37. The SMILES string of the molecule is COc1ccc(C(OCC(CO)C(=O)C(N)n2cc(C)c(=O)[nH]c2=O)(c2ccccc2)c2ccc(OC)cc2)cc1. The number of benzene rings is 3. The summed E-state index contributed by atoms with van der Waals surface area (Å²) in [5.74, 6) is -0.417. The highest BCUT2D eigenvalue weighted by molar-refractivity contribution is 5.84. The summed E-state index contributed by atoms with van der Waals surface area (Å²) in [4.78, 5) is 39.8. The summed E-state index contributed by atoms with van der Waals surface area (Å²) < 4.78 is 18.4. The molecule has 3 aromatic carbocycles. The Balaban J connectivity index is 1.79. The number of ether oxygens (including phenoxy) is 3. The third-order valence-electron chi connectivity index (χ3n) is 7.03. The van der Waals surface area contributed by atoms with Gasteiger partial charge in [0, 0.05) is 11.8 Å². The molecule has 1 heterocycles. The fourth-order valence-corrected chi connectivity index (χ4v) is 4.70. The second-order valence-corrected chi connectivity index (χ2v) is 9.52. The Morgan fingerprint density at radius 3 is 1.90 bits per heavy atom. The number of carbonyl (C=O) groups excluding carboxylic acids is 1. The fourth-order valence-electron chi connectivity index (χ4n) is 4.70. The fraction of sp³-hybridized carbons (Fsp3) is 0.258. The molecule has 10 heteroatoms. The predicted molar refractivity (Wildman–Crippen MR) is 153 cm³/mol. The molecule has 0 aliphatic heterocycles. The van der Waals surface area contributed by atoms with Crippen molar-refractivity contribution in [2.75, 3.05) is 27.4 Å². The molecule has 10 nitrogen and oxygen atoms in total. The summed E-state index contributed by atoms with van der Waals surface area (Å²) >= 11 is 0. The van der Waals surface area contributed by atoms with Gasteiger partial charge in [0.1, 0.15) is 23.3 Å². The largest absolute Gasteiger partial charge is 0.497 e. The van der Waals surface area contributed by atoms with E-state index in [-0.39, 0.29) is 12.2 Å². The van der Waals surface area contributed by atoms with Crippen LogP contribution in [0.25, 0.3) is 0 Å². The molecule has 2 unspecified atom stereocenters. The Bertz CT molecular complexity index is 1530. The molecule has 0 saturated carbocycles. The van der Waals surface area contributed by atoms with E-state index in [0.717, 1.165) is 21.3 Å². The Labute approximate surface area is 236 Å². The maximum absolute atomic E-state index is 13.5. The lowest BCUT2D eigenvalue weighted by Crippen LogP contribution is -2.44. The Morgan fingerprint density at radius 1 is 0.902 bits per heavy atom. The normalized spacial score (nSPS) is 12.9. The van der Waals surface area contributed by atoms with Crippen LogP contribution in [-0.2, 0) is 15.1 Å². The number of hydrogen-bond acceptors (Lipinski definition) is 8. The first-order valence-electron chi connectivity index (χ1n) is 13.0. The number of aromatic amines is 1. The molecule has 0 aliphatic carbocycles. The molecule has 0 radical (unpaired) electrons. The average molecular weight is 560 g/mol. The number of nitrogens with one attached hydrogen (secondary N) is 1. The predicted octanol–water partition coefficient (Wildman–Crippen LogP) is 2.51. The molecule has 1 aromatic heterocycles. The van der Waals surface area contributed by atoms with Crippen molar-refractivity contribution in [1.29, 1.82) is 0 Å². The van der Waals surface area contributed by atoms with Crippen molar-refractivity contribution >= 4 is 5.78 Å². The van der Waals surface area contributed by atoms with E-state index in [9.17, 15) is 19.5 Å². The quantitative estimate of drug-likeness (QED) is 0.225. The minimum Gasteiger partial charge on any atom is -0.497 e. The lowest BCUT2D eigenvalue weighted by molar-refractivity contribution is -0.131. The summed E-state index contributed by atoms with van der Waals surface area (Å²) in [6, 6.07) is 24.2. The minimum absolute atomic E-state index is 0.215. The Kier molecular flexibility index (Phi) is 9.18. The molecule has 0 fully saturated rings. The number of aromatic nitrogens is 2. The van der Waals surface area contributed by atoms with Crippen molar-refractivity contribution in [1.82, 2.24) is 9.55 Å². The zero-order valence-corrected chi connectivity index (χ0v) is 23.1. The highest BCUT2D eigenvalue weighted by atomic mass is 16.5. The summed E-state index contributed by atoms with van der Waals surface area (Å²) in [6.45, 7) is 0.670. The maximum atomic E-state index is 13.5. The highest BCUT2D eigenvalue weighted by Gasteiger charge is 2.39. The standard InChI is InChI=1S/C31H33N3O7/c1-20-17-34(30(38)33-29(20)37)28(32)27(36)21(18-35)19-41-31(22-7-5-4-6-8-22,23-9-13-25(39-2)14-10-23)24-11-15-26(40-3)16-12-24/h4-17,21,28,35H,18-19,32H2,1-3H3,(H,33,37,38). The van der Waals surface area contributed by atoms with Crippen LogP contribution in [0.15, 0.2) is 94.6 Å². The number of H-pyrrole nitrogens is 1. The number of aryl methyl sites for hydroxylation is 1. The van der Waals surface area contributed by atoms with Gasteiger partial charge >= 0.3 is 5.69 Å². The van der Waals surface area contributed by atoms with Crippen LogP contribution in [0.2, 0.25) is 0 Å². The van der Waals surface area contributed by atoms with Crippen molar-refractivity contribution in [2.24, 2.45) is 11.7 Å². The zero-order chi connectivity index (χ0) is 29.6. The molecule has 0 aliphatic rings. The third kappa shape index (κ3) is 5.99. The van der Waals surface area contributed by atoms with Crippen LogP contribution < -0.4 is 26.5 Å². The molecule has 4 N–H and O–H groups in total. The van der Waals surface area contributed by atoms with E-state index < -0.39 is 41.3 Å². The van der Waals surface area contributed by atoms with Crippen LogP contribution in [-0.4, -0.2) is 47.9 Å². The molecule has 2 atom stereocenters. The van der Waals surface area contributed by atoms with E-state index in [4.69, 9.17) is 19.9 Å². The maximum Gasteiger partial charge on any atom is 0.330 e. The molecule has 0 spiro atoms. The number of hydrogen-bond donors (Lipinski definition) is 3. The minimum atomic E-state index is -1.45. The van der Waals surface area contributed by atoms with Crippen LogP contribution in [0.4, 0.5) is 0 Å². The highest BCUT2D eigenvalue weighted by Crippen LogP contribution is 2.42. The molecule has 4 rings (SSSR count). The second-order valence-electron chi connectivity index (χ2n) is 9.52. The number of aliphatic hydroxyl groups excluding tert-OH is 1. The van der Waals surface area contributed by atoms with Crippen LogP contribution in [0.3, 0.4) is 0 Å². The number of aliphatic hydroxyl groups is 1. The molecule has 0 bridgehead atoms. The van der Waals surface area contributed by atoms with E-state index in [1.807, 2.05) is 78.9 Å². The Hall–Kier alpha value is -4.51. The second kappa shape index (κ2) is 12.8. The molecule has 0 saturated heterocycles. The average Bonchev–Trinajstić information content (AvgIpc) is 3.01. The number of carbonyl (C=O) groups is 1. The number of Topliss-reactive ketones (excluding diaryl/α,β-unsaturated/α-hetero) is 1. The number of methoxy groups -OCH3 is 2. The monoisotopic (exact) mass is 559 g/mol. The van der Waals surface area contributed by atoms with Gasteiger partial charge in [0.05, 0.1) is 33.4 Å². The lowest BCUT2D eigenvalue weighted by atomic mass is 9.79. The van der Waals surface area contributed by atoms with Gasteiger partial charge in [-0.15, -0.1) is 0 Å². The number of rotatable bonds is 12.